The largest absolute Gasteiger partial charge is 0.493 e. The number of hydrogen-bond acceptors (Lipinski definition) is 3. The molecule has 0 unspecified atom stereocenters. The summed E-state index contributed by atoms with van der Waals surface area (Å²) in [7, 11) is 0. The minimum Gasteiger partial charge on any atom is -0.493 e. The molecule has 0 atom stereocenters. The Morgan fingerprint density at radius 1 is 1.05 bits per heavy atom. The fourth-order valence-corrected chi connectivity index (χ4v) is 2.11. The van der Waals surface area contributed by atoms with Crippen LogP contribution < -0.4 is 15.2 Å². The van der Waals surface area contributed by atoms with Gasteiger partial charge in [-0.25, -0.2) is 0 Å². The summed E-state index contributed by atoms with van der Waals surface area (Å²) in [6.45, 7) is 2.81. The van der Waals surface area contributed by atoms with Crippen LogP contribution in [0.4, 0.5) is 5.69 Å². The van der Waals surface area contributed by atoms with E-state index in [9.17, 15) is 0 Å². The van der Waals surface area contributed by atoms with E-state index in [4.69, 9.17) is 38.4 Å². The van der Waals surface area contributed by atoms with Crippen LogP contribution in [-0.4, -0.2) is 6.61 Å². The molecule has 0 saturated heterocycles. The third kappa shape index (κ3) is 3.50. The van der Waals surface area contributed by atoms with E-state index in [1.54, 1.807) is 24.3 Å². The summed E-state index contributed by atoms with van der Waals surface area (Å²) in [6, 6.07) is 10.7. The Kier molecular flexibility index (Phi) is 4.99. The van der Waals surface area contributed by atoms with Gasteiger partial charge in [-0.2, -0.15) is 0 Å². The van der Waals surface area contributed by atoms with Gasteiger partial charge in [0.2, 0.25) is 0 Å². The number of halogens is 2. The zero-order valence-corrected chi connectivity index (χ0v) is 12.5. The average molecular weight is 312 g/mol. The molecular formula is C15H15Cl2NO2. The molecule has 3 nitrogen and oxygen atoms in total. The predicted octanol–water partition coefficient (Wildman–Crippen LogP) is 4.55. The minimum absolute atomic E-state index is 0.306. The predicted molar refractivity (Wildman–Crippen MR) is 82.8 cm³/mol. The topological polar surface area (TPSA) is 44.5 Å². The fourth-order valence-electron chi connectivity index (χ4n) is 1.76. The molecule has 0 saturated carbocycles. The SMILES string of the molecule is CCOc1ccc(N)cc1COc1cccc(Cl)c1Cl. The van der Waals surface area contributed by atoms with Gasteiger partial charge >= 0.3 is 0 Å². The first kappa shape index (κ1) is 14.8. The van der Waals surface area contributed by atoms with Crippen LogP contribution in [0.25, 0.3) is 0 Å². The minimum atomic E-state index is 0.306. The number of nitrogens with two attached hydrogens (primary N) is 1. The highest BCUT2D eigenvalue weighted by Crippen LogP contribution is 2.32. The van der Waals surface area contributed by atoms with Crippen molar-refractivity contribution in [1.29, 1.82) is 0 Å². The van der Waals surface area contributed by atoms with Crippen molar-refractivity contribution >= 4 is 28.9 Å². The molecule has 0 aromatic heterocycles. The van der Waals surface area contributed by atoms with Crippen molar-refractivity contribution in [3.63, 3.8) is 0 Å². The monoisotopic (exact) mass is 311 g/mol. The molecule has 0 bridgehead atoms. The second-order valence-corrected chi connectivity index (χ2v) is 4.93. The average Bonchev–Trinajstić information content (AvgIpc) is 2.43. The normalized spacial score (nSPS) is 10.3. The first-order chi connectivity index (χ1) is 9.61. The van der Waals surface area contributed by atoms with Crippen molar-refractivity contribution in [3.8, 4) is 11.5 Å². The van der Waals surface area contributed by atoms with Gasteiger partial charge in [0.05, 0.1) is 11.6 Å². The third-order valence-electron chi connectivity index (χ3n) is 2.68. The molecule has 0 amide bonds. The van der Waals surface area contributed by atoms with Gasteiger partial charge in [0.15, 0.2) is 0 Å². The molecule has 0 fully saturated rings. The summed E-state index contributed by atoms with van der Waals surface area (Å²) >= 11 is 12.0. The van der Waals surface area contributed by atoms with Crippen LogP contribution in [0.3, 0.4) is 0 Å². The zero-order chi connectivity index (χ0) is 14.5. The Balaban J connectivity index is 2.18. The van der Waals surface area contributed by atoms with Crippen LogP contribution in [0.1, 0.15) is 12.5 Å². The van der Waals surface area contributed by atoms with E-state index in [2.05, 4.69) is 0 Å². The molecular weight excluding hydrogens is 297 g/mol. The molecule has 2 N–H and O–H groups in total. The summed E-state index contributed by atoms with van der Waals surface area (Å²) < 4.78 is 11.2. The lowest BCUT2D eigenvalue weighted by Crippen LogP contribution is -2.02. The Labute approximate surface area is 128 Å². The van der Waals surface area contributed by atoms with Crippen molar-refractivity contribution < 1.29 is 9.47 Å². The summed E-state index contributed by atoms with van der Waals surface area (Å²) in [4.78, 5) is 0. The van der Waals surface area contributed by atoms with Gasteiger partial charge in [0, 0.05) is 11.3 Å². The molecule has 0 heterocycles. The van der Waals surface area contributed by atoms with Crippen molar-refractivity contribution in [1.82, 2.24) is 0 Å². The first-order valence-electron chi connectivity index (χ1n) is 6.19. The van der Waals surface area contributed by atoms with E-state index in [0.717, 1.165) is 11.3 Å². The van der Waals surface area contributed by atoms with Crippen molar-refractivity contribution in [2.45, 2.75) is 13.5 Å². The number of rotatable bonds is 5. The molecule has 0 aliphatic rings. The lowest BCUT2D eigenvalue weighted by Gasteiger charge is -2.13. The van der Waals surface area contributed by atoms with Gasteiger partial charge in [-0.15, -0.1) is 0 Å². The molecule has 106 valence electrons. The van der Waals surface area contributed by atoms with Crippen LogP contribution in [0.5, 0.6) is 11.5 Å². The molecule has 0 spiro atoms. The van der Waals surface area contributed by atoms with Gasteiger partial charge in [-0.3, -0.25) is 0 Å². The third-order valence-corrected chi connectivity index (χ3v) is 3.49. The van der Waals surface area contributed by atoms with Crippen LogP contribution in [-0.2, 0) is 6.61 Å². The second kappa shape index (κ2) is 6.73. The number of hydrogen-bond donors (Lipinski definition) is 1. The first-order valence-corrected chi connectivity index (χ1v) is 6.95. The number of benzene rings is 2. The lowest BCUT2D eigenvalue weighted by atomic mass is 10.2. The summed E-state index contributed by atoms with van der Waals surface area (Å²) in [5.74, 6) is 1.28. The number of anilines is 1. The molecule has 2 rings (SSSR count). The van der Waals surface area contributed by atoms with Crippen molar-refractivity contribution in [3.05, 3.63) is 52.0 Å². The Hall–Kier alpha value is -1.58. The summed E-state index contributed by atoms with van der Waals surface area (Å²) in [5, 5.41) is 0.859. The highest BCUT2D eigenvalue weighted by atomic mass is 35.5. The van der Waals surface area contributed by atoms with E-state index < -0.39 is 0 Å². The number of nitrogen functional groups attached to an aromatic ring is 1. The van der Waals surface area contributed by atoms with Crippen molar-refractivity contribution in [2.75, 3.05) is 12.3 Å². The Bertz CT molecular complexity index is 602. The Morgan fingerprint density at radius 2 is 1.85 bits per heavy atom. The smallest absolute Gasteiger partial charge is 0.139 e. The van der Waals surface area contributed by atoms with Crippen LogP contribution in [0.15, 0.2) is 36.4 Å². The van der Waals surface area contributed by atoms with Gasteiger partial charge in [0.25, 0.3) is 0 Å². The van der Waals surface area contributed by atoms with Gasteiger partial charge < -0.3 is 15.2 Å². The maximum Gasteiger partial charge on any atom is 0.139 e. The molecule has 2 aromatic carbocycles. The maximum atomic E-state index is 6.08. The molecule has 0 radical (unpaired) electrons. The lowest BCUT2D eigenvalue weighted by molar-refractivity contribution is 0.286. The van der Waals surface area contributed by atoms with Gasteiger partial charge in [-0.1, -0.05) is 29.3 Å². The van der Waals surface area contributed by atoms with Crippen LogP contribution >= 0.6 is 23.2 Å². The van der Waals surface area contributed by atoms with Crippen molar-refractivity contribution in [2.24, 2.45) is 0 Å². The van der Waals surface area contributed by atoms with Gasteiger partial charge in [0.1, 0.15) is 23.1 Å². The molecule has 5 heteroatoms. The van der Waals surface area contributed by atoms with E-state index in [-0.39, 0.29) is 0 Å². The van der Waals surface area contributed by atoms with E-state index in [1.807, 2.05) is 19.1 Å². The zero-order valence-electron chi connectivity index (χ0n) is 11.0. The van der Waals surface area contributed by atoms with E-state index in [0.29, 0.717) is 34.7 Å². The fraction of sp³-hybridized carbons (Fsp3) is 0.200. The van der Waals surface area contributed by atoms with Crippen LogP contribution in [0.2, 0.25) is 10.0 Å². The number of ether oxygens (including phenoxy) is 2. The second-order valence-electron chi connectivity index (χ2n) is 4.14. The highest BCUT2D eigenvalue weighted by molar-refractivity contribution is 6.42. The molecule has 2 aromatic rings. The molecule has 20 heavy (non-hydrogen) atoms. The van der Waals surface area contributed by atoms with Gasteiger partial charge in [-0.05, 0) is 37.3 Å². The van der Waals surface area contributed by atoms with E-state index in [1.165, 1.54) is 0 Å². The van der Waals surface area contributed by atoms with Crippen LogP contribution in [0, 0.1) is 0 Å². The summed E-state index contributed by atoms with van der Waals surface area (Å²) in [5.41, 5.74) is 7.31. The standard InChI is InChI=1S/C15H15Cl2NO2/c1-2-19-13-7-6-11(18)8-10(13)9-20-14-5-3-4-12(16)15(14)17/h3-8H,2,9,18H2,1H3. The Morgan fingerprint density at radius 3 is 2.60 bits per heavy atom. The highest BCUT2D eigenvalue weighted by Gasteiger charge is 2.09. The van der Waals surface area contributed by atoms with E-state index >= 15 is 0 Å². The quantitative estimate of drug-likeness (QED) is 0.824. The maximum absolute atomic E-state index is 6.08. The summed E-state index contributed by atoms with van der Waals surface area (Å²) in [6.07, 6.45) is 0. The molecule has 0 aliphatic carbocycles. The molecule has 0 aliphatic heterocycles.